The Kier molecular flexibility index (Phi) is 5.50. The van der Waals surface area contributed by atoms with Gasteiger partial charge in [-0.3, -0.25) is 4.79 Å². The molecule has 29 heavy (non-hydrogen) atoms. The number of sulfone groups is 1. The van der Waals surface area contributed by atoms with E-state index in [1.807, 2.05) is 0 Å². The van der Waals surface area contributed by atoms with Crippen LogP contribution in [0.4, 0.5) is 18.9 Å². The lowest BCUT2D eigenvalue weighted by Gasteiger charge is -2.06. The molecule has 1 aromatic heterocycles. The van der Waals surface area contributed by atoms with Crippen LogP contribution in [0.3, 0.4) is 0 Å². The summed E-state index contributed by atoms with van der Waals surface area (Å²) in [6, 6.07) is 10.4. The average Bonchev–Trinajstić information content (AvgIpc) is 3.02. The second-order valence-corrected chi connectivity index (χ2v) is 9.28. The lowest BCUT2D eigenvalue weighted by molar-refractivity contribution is -0.137. The molecule has 152 valence electrons. The minimum atomic E-state index is -4.43. The third-order valence-electron chi connectivity index (χ3n) is 3.98. The summed E-state index contributed by atoms with van der Waals surface area (Å²) in [4.78, 5) is 17.2. The molecule has 1 heterocycles. The van der Waals surface area contributed by atoms with E-state index in [4.69, 9.17) is 0 Å². The summed E-state index contributed by atoms with van der Waals surface area (Å²) in [5, 5.41) is 3.03. The zero-order valence-electron chi connectivity index (χ0n) is 15.2. The molecule has 0 unspecified atom stereocenters. The Morgan fingerprint density at radius 3 is 2.34 bits per heavy atom. The molecule has 1 N–H and O–H groups in total. The van der Waals surface area contributed by atoms with Gasteiger partial charge in [-0.05, 0) is 37.3 Å². The number of aromatic nitrogens is 1. The fourth-order valence-electron chi connectivity index (χ4n) is 2.52. The number of nitrogens with one attached hydrogen (secondary N) is 1. The molecule has 1 amide bonds. The molecule has 0 spiro atoms. The van der Waals surface area contributed by atoms with Gasteiger partial charge in [0.05, 0.1) is 16.2 Å². The number of thiazole rings is 1. The van der Waals surface area contributed by atoms with Crippen molar-refractivity contribution in [3.63, 3.8) is 0 Å². The maximum absolute atomic E-state index is 12.7. The van der Waals surface area contributed by atoms with Crippen LogP contribution in [0.5, 0.6) is 0 Å². The smallest absolute Gasteiger partial charge is 0.321 e. The molecule has 2 aromatic carbocycles. The number of nitrogens with zero attached hydrogens (tertiary/aromatic N) is 1. The van der Waals surface area contributed by atoms with Crippen molar-refractivity contribution in [1.82, 2.24) is 4.98 Å². The van der Waals surface area contributed by atoms with Gasteiger partial charge >= 0.3 is 6.18 Å². The molecule has 10 heteroatoms. The standard InChI is InChI=1S/C19H15F3N2O3S2/c1-11-16(17(25)24-14-4-3-5-15(10-14)29(2,26)27)28-18(23-11)12-6-8-13(9-7-12)19(20,21)22/h3-10H,1-2H3,(H,24,25). The van der Waals surface area contributed by atoms with E-state index in [1.54, 1.807) is 13.0 Å². The number of alkyl halides is 3. The number of benzene rings is 2. The number of hydrogen-bond donors (Lipinski definition) is 1. The van der Waals surface area contributed by atoms with Gasteiger partial charge < -0.3 is 5.32 Å². The van der Waals surface area contributed by atoms with E-state index in [2.05, 4.69) is 10.3 Å². The molecule has 0 fully saturated rings. The number of rotatable bonds is 4. The largest absolute Gasteiger partial charge is 0.416 e. The zero-order valence-corrected chi connectivity index (χ0v) is 16.9. The predicted molar refractivity (Wildman–Crippen MR) is 105 cm³/mol. The number of carbonyl (C=O) groups is 1. The maximum Gasteiger partial charge on any atom is 0.416 e. The molecular weight excluding hydrogens is 425 g/mol. The molecule has 0 aliphatic heterocycles. The van der Waals surface area contributed by atoms with Crippen LogP contribution in [0.2, 0.25) is 0 Å². The molecule has 3 rings (SSSR count). The van der Waals surface area contributed by atoms with Crippen LogP contribution in [0.15, 0.2) is 53.4 Å². The SMILES string of the molecule is Cc1nc(-c2ccc(C(F)(F)F)cc2)sc1C(=O)Nc1cccc(S(C)(=O)=O)c1. The zero-order chi connectivity index (χ0) is 21.4. The molecule has 0 radical (unpaired) electrons. The number of halogens is 3. The number of aryl methyl sites for hydroxylation is 1. The summed E-state index contributed by atoms with van der Waals surface area (Å²) in [7, 11) is -3.42. The molecule has 5 nitrogen and oxygen atoms in total. The quantitative estimate of drug-likeness (QED) is 0.633. The molecule has 0 saturated carbocycles. The van der Waals surface area contributed by atoms with Gasteiger partial charge in [-0.2, -0.15) is 13.2 Å². The first-order valence-electron chi connectivity index (χ1n) is 8.21. The van der Waals surface area contributed by atoms with Crippen molar-refractivity contribution in [3.05, 3.63) is 64.7 Å². The van der Waals surface area contributed by atoms with Gasteiger partial charge in [0, 0.05) is 17.5 Å². The first-order valence-corrected chi connectivity index (χ1v) is 10.9. The Hall–Kier alpha value is -2.72. The van der Waals surface area contributed by atoms with Crippen LogP contribution in [-0.4, -0.2) is 25.6 Å². The van der Waals surface area contributed by atoms with E-state index in [-0.39, 0.29) is 9.77 Å². The Morgan fingerprint density at radius 2 is 1.76 bits per heavy atom. The minimum Gasteiger partial charge on any atom is -0.321 e. The van der Waals surface area contributed by atoms with Crippen LogP contribution in [0, 0.1) is 6.92 Å². The maximum atomic E-state index is 12.7. The minimum absolute atomic E-state index is 0.0711. The molecule has 3 aromatic rings. The molecule has 0 atom stereocenters. The second kappa shape index (κ2) is 7.60. The van der Waals surface area contributed by atoms with Crippen LogP contribution < -0.4 is 5.32 Å². The van der Waals surface area contributed by atoms with Crippen molar-refractivity contribution in [1.29, 1.82) is 0 Å². The summed E-state index contributed by atoms with van der Waals surface area (Å²) < 4.78 is 61.4. The van der Waals surface area contributed by atoms with Crippen LogP contribution in [0.25, 0.3) is 10.6 Å². The Labute approximate surface area is 169 Å². The average molecular weight is 440 g/mol. The van der Waals surface area contributed by atoms with Crippen molar-refractivity contribution in [2.45, 2.75) is 18.0 Å². The van der Waals surface area contributed by atoms with Crippen molar-refractivity contribution in [2.75, 3.05) is 11.6 Å². The fourth-order valence-corrected chi connectivity index (χ4v) is 4.16. The van der Waals surface area contributed by atoms with Gasteiger partial charge in [0.1, 0.15) is 9.88 Å². The van der Waals surface area contributed by atoms with E-state index < -0.39 is 27.5 Å². The van der Waals surface area contributed by atoms with Gasteiger partial charge in [-0.15, -0.1) is 11.3 Å². The molecule has 0 aliphatic rings. The van der Waals surface area contributed by atoms with Crippen molar-refractivity contribution in [3.8, 4) is 10.6 Å². The summed E-state index contributed by atoms with van der Waals surface area (Å²) in [5.74, 6) is -0.483. The lowest BCUT2D eigenvalue weighted by atomic mass is 10.1. The van der Waals surface area contributed by atoms with Crippen molar-refractivity contribution >= 4 is 32.8 Å². The topological polar surface area (TPSA) is 76.1 Å². The van der Waals surface area contributed by atoms with E-state index in [9.17, 15) is 26.4 Å². The second-order valence-electron chi connectivity index (χ2n) is 6.26. The monoisotopic (exact) mass is 440 g/mol. The highest BCUT2D eigenvalue weighted by molar-refractivity contribution is 7.90. The summed E-state index contributed by atoms with van der Waals surface area (Å²) >= 11 is 1.04. The first kappa shape index (κ1) is 21.0. The van der Waals surface area contributed by atoms with Gasteiger partial charge in [0.25, 0.3) is 5.91 Å². The van der Waals surface area contributed by atoms with E-state index >= 15 is 0 Å². The molecule has 0 bridgehead atoms. The number of hydrogen-bond acceptors (Lipinski definition) is 5. The normalized spacial score (nSPS) is 12.0. The van der Waals surface area contributed by atoms with Crippen LogP contribution in [0.1, 0.15) is 20.9 Å². The summed E-state index contributed by atoms with van der Waals surface area (Å²) in [5.41, 5.74) is 0.422. The van der Waals surface area contributed by atoms with E-state index in [0.29, 0.717) is 22.0 Å². The summed E-state index contributed by atoms with van der Waals surface area (Å²) in [6.07, 6.45) is -3.36. The molecule has 0 aliphatic carbocycles. The molecule has 0 saturated heterocycles. The first-order chi connectivity index (χ1) is 13.4. The Bertz CT molecular complexity index is 1170. The van der Waals surface area contributed by atoms with Gasteiger partial charge in [0.15, 0.2) is 9.84 Å². The highest BCUT2D eigenvalue weighted by Crippen LogP contribution is 2.33. The van der Waals surface area contributed by atoms with E-state index in [1.165, 1.54) is 30.3 Å². The fraction of sp³-hybridized carbons (Fsp3) is 0.158. The van der Waals surface area contributed by atoms with Gasteiger partial charge in [-0.25, -0.2) is 13.4 Å². The highest BCUT2D eigenvalue weighted by atomic mass is 32.2. The van der Waals surface area contributed by atoms with Crippen molar-refractivity contribution < 1.29 is 26.4 Å². The highest BCUT2D eigenvalue weighted by Gasteiger charge is 2.30. The number of amides is 1. The third-order valence-corrected chi connectivity index (χ3v) is 6.30. The summed E-state index contributed by atoms with van der Waals surface area (Å²) in [6.45, 7) is 1.62. The Balaban J connectivity index is 1.84. The molecular formula is C19H15F3N2O3S2. The Morgan fingerprint density at radius 1 is 1.10 bits per heavy atom. The van der Waals surface area contributed by atoms with Crippen LogP contribution >= 0.6 is 11.3 Å². The number of anilines is 1. The predicted octanol–water partition coefficient (Wildman–Crippen LogP) is 4.79. The third kappa shape index (κ3) is 4.83. The van der Waals surface area contributed by atoms with E-state index in [0.717, 1.165) is 29.7 Å². The van der Waals surface area contributed by atoms with Gasteiger partial charge in [0.2, 0.25) is 0 Å². The van der Waals surface area contributed by atoms with Crippen LogP contribution in [-0.2, 0) is 16.0 Å². The number of carbonyl (C=O) groups excluding carboxylic acids is 1. The van der Waals surface area contributed by atoms with Gasteiger partial charge in [-0.1, -0.05) is 18.2 Å². The van der Waals surface area contributed by atoms with Crippen molar-refractivity contribution in [2.24, 2.45) is 0 Å². The lowest BCUT2D eigenvalue weighted by Crippen LogP contribution is -2.12.